The lowest BCUT2D eigenvalue weighted by atomic mass is 10.2. The monoisotopic (exact) mass is 411 g/mol. The zero-order valence-corrected chi connectivity index (χ0v) is 17.5. The molecule has 1 unspecified atom stereocenters. The minimum absolute atomic E-state index is 0.0610. The predicted octanol–water partition coefficient (Wildman–Crippen LogP) is 3.95. The van der Waals surface area contributed by atoms with Gasteiger partial charge >= 0.3 is 0 Å². The molecular formula is C21H25N5O2S. The third kappa shape index (κ3) is 4.64. The number of amides is 1. The van der Waals surface area contributed by atoms with Gasteiger partial charge in [0.2, 0.25) is 11.9 Å². The van der Waals surface area contributed by atoms with Gasteiger partial charge in [0.05, 0.1) is 18.1 Å². The zero-order valence-electron chi connectivity index (χ0n) is 16.7. The summed E-state index contributed by atoms with van der Waals surface area (Å²) in [5.74, 6) is 1.62. The fourth-order valence-electron chi connectivity index (χ4n) is 3.31. The van der Waals surface area contributed by atoms with Gasteiger partial charge in [0.25, 0.3) is 0 Å². The molecule has 4 rings (SSSR count). The molecule has 0 saturated carbocycles. The molecule has 2 aromatic heterocycles. The molecule has 1 aliphatic heterocycles. The van der Waals surface area contributed by atoms with Crippen LogP contribution in [0.5, 0.6) is 0 Å². The van der Waals surface area contributed by atoms with Crippen LogP contribution in [0, 0.1) is 6.92 Å². The Bertz CT molecular complexity index is 946. The van der Waals surface area contributed by atoms with Crippen molar-refractivity contribution in [3.05, 3.63) is 54.0 Å². The molecule has 1 aromatic carbocycles. The summed E-state index contributed by atoms with van der Waals surface area (Å²) in [6.07, 6.45) is 3.98. The van der Waals surface area contributed by atoms with E-state index in [1.54, 1.807) is 6.26 Å². The summed E-state index contributed by atoms with van der Waals surface area (Å²) in [4.78, 5) is 14.9. The third-order valence-electron chi connectivity index (χ3n) is 4.95. The molecular weight excluding hydrogens is 386 g/mol. The molecule has 0 radical (unpaired) electrons. The van der Waals surface area contributed by atoms with Gasteiger partial charge in [-0.25, -0.2) is 0 Å². The van der Waals surface area contributed by atoms with Crippen LogP contribution in [0.2, 0.25) is 0 Å². The number of hydrogen-bond donors (Lipinski definition) is 1. The summed E-state index contributed by atoms with van der Waals surface area (Å²) in [6, 6.07) is 11.6. The highest BCUT2D eigenvalue weighted by molar-refractivity contribution is 8.00. The number of carbonyl (C=O) groups excluding carboxylic acids is 1. The Hall–Kier alpha value is -2.74. The van der Waals surface area contributed by atoms with Crippen molar-refractivity contribution in [2.24, 2.45) is 0 Å². The van der Waals surface area contributed by atoms with E-state index in [1.807, 2.05) is 54.8 Å². The summed E-state index contributed by atoms with van der Waals surface area (Å²) >= 11 is 1.41. The fraction of sp³-hybridized carbons (Fsp3) is 0.381. The van der Waals surface area contributed by atoms with Crippen LogP contribution in [0.15, 0.2) is 52.2 Å². The molecule has 3 heterocycles. The Balaban J connectivity index is 1.50. The first-order chi connectivity index (χ1) is 14.1. The molecule has 1 amide bonds. The lowest BCUT2D eigenvalue weighted by Gasteiger charge is -2.18. The van der Waals surface area contributed by atoms with Crippen LogP contribution in [-0.2, 0) is 11.3 Å². The minimum Gasteiger partial charge on any atom is -0.467 e. The number of carbonyl (C=O) groups is 1. The first-order valence-corrected chi connectivity index (χ1v) is 10.7. The van der Waals surface area contributed by atoms with Crippen LogP contribution in [0.1, 0.15) is 31.1 Å². The van der Waals surface area contributed by atoms with E-state index in [0.29, 0.717) is 6.54 Å². The Morgan fingerprint density at radius 2 is 1.97 bits per heavy atom. The topological polar surface area (TPSA) is 76.2 Å². The van der Waals surface area contributed by atoms with E-state index in [0.717, 1.165) is 54.0 Å². The van der Waals surface area contributed by atoms with Crippen LogP contribution >= 0.6 is 11.8 Å². The van der Waals surface area contributed by atoms with Crippen molar-refractivity contribution in [1.29, 1.82) is 0 Å². The fourth-order valence-corrected chi connectivity index (χ4v) is 4.15. The molecule has 3 aromatic rings. The number of anilines is 2. The Labute approximate surface area is 174 Å². The molecule has 29 heavy (non-hydrogen) atoms. The smallest absolute Gasteiger partial charge is 0.237 e. The highest BCUT2D eigenvalue weighted by Gasteiger charge is 2.25. The van der Waals surface area contributed by atoms with Gasteiger partial charge < -0.3 is 14.6 Å². The van der Waals surface area contributed by atoms with E-state index in [-0.39, 0.29) is 11.2 Å². The van der Waals surface area contributed by atoms with Gasteiger partial charge in [-0.2, -0.15) is 0 Å². The van der Waals surface area contributed by atoms with E-state index in [1.165, 1.54) is 11.8 Å². The molecule has 0 spiro atoms. The quantitative estimate of drug-likeness (QED) is 0.594. The normalized spacial score (nSPS) is 14.9. The lowest BCUT2D eigenvalue weighted by molar-refractivity contribution is -0.115. The van der Waals surface area contributed by atoms with Gasteiger partial charge in [0, 0.05) is 18.8 Å². The van der Waals surface area contributed by atoms with Crippen LogP contribution in [0.25, 0.3) is 0 Å². The molecule has 1 fully saturated rings. The molecule has 1 saturated heterocycles. The third-order valence-corrected chi connectivity index (χ3v) is 6.03. The molecule has 1 aliphatic rings. The van der Waals surface area contributed by atoms with Crippen molar-refractivity contribution < 1.29 is 9.21 Å². The number of nitrogens with zero attached hydrogens (tertiary/aromatic N) is 4. The number of rotatable bonds is 7. The van der Waals surface area contributed by atoms with Gasteiger partial charge in [-0.15, -0.1) is 10.2 Å². The van der Waals surface area contributed by atoms with Crippen LogP contribution < -0.4 is 10.2 Å². The first kappa shape index (κ1) is 19.6. The number of aromatic nitrogens is 3. The molecule has 0 bridgehead atoms. The predicted molar refractivity (Wildman–Crippen MR) is 114 cm³/mol. The number of hydrogen-bond acceptors (Lipinski definition) is 6. The van der Waals surface area contributed by atoms with Gasteiger partial charge in [0.1, 0.15) is 5.76 Å². The average Bonchev–Trinajstić information content (AvgIpc) is 3.47. The summed E-state index contributed by atoms with van der Waals surface area (Å²) < 4.78 is 7.58. The molecule has 152 valence electrons. The molecule has 1 N–H and O–H groups in total. The summed E-state index contributed by atoms with van der Waals surface area (Å²) in [5.41, 5.74) is 1.95. The Morgan fingerprint density at radius 3 is 2.66 bits per heavy atom. The summed E-state index contributed by atoms with van der Waals surface area (Å²) in [5, 5.41) is 12.2. The van der Waals surface area contributed by atoms with Gasteiger partial charge in [-0.05, 0) is 51.0 Å². The number of thioether (sulfide) groups is 1. The highest BCUT2D eigenvalue weighted by atomic mass is 32.2. The maximum absolute atomic E-state index is 12.7. The van der Waals surface area contributed by atoms with Crippen LogP contribution in [0.3, 0.4) is 0 Å². The SMILES string of the molecule is Cc1ccc(NC(=O)C(C)Sc2nnc(N3CCCC3)n2Cc2ccco2)cc1. The number of nitrogens with one attached hydrogen (secondary N) is 1. The molecule has 0 aliphatic carbocycles. The largest absolute Gasteiger partial charge is 0.467 e. The van der Waals surface area contributed by atoms with Gasteiger partial charge in [-0.1, -0.05) is 29.5 Å². The van der Waals surface area contributed by atoms with Gasteiger partial charge in [-0.3, -0.25) is 9.36 Å². The number of benzene rings is 1. The maximum Gasteiger partial charge on any atom is 0.237 e. The second-order valence-corrected chi connectivity index (χ2v) is 8.57. The standard InChI is InChI=1S/C21H25N5O2S/c1-15-7-9-17(10-8-15)22-19(27)16(2)29-21-24-23-20(25-11-3-4-12-25)26(21)14-18-6-5-13-28-18/h5-10,13,16H,3-4,11-12,14H2,1-2H3,(H,22,27). The summed E-state index contributed by atoms with van der Waals surface area (Å²) in [7, 11) is 0. The van der Waals surface area contributed by atoms with Crippen molar-refractivity contribution >= 4 is 29.3 Å². The Morgan fingerprint density at radius 1 is 1.21 bits per heavy atom. The molecule has 7 nitrogen and oxygen atoms in total. The van der Waals surface area contributed by atoms with E-state index >= 15 is 0 Å². The maximum atomic E-state index is 12.7. The number of aryl methyl sites for hydroxylation is 1. The van der Waals surface area contributed by atoms with E-state index in [9.17, 15) is 4.79 Å². The number of furan rings is 1. The van der Waals surface area contributed by atoms with Crippen molar-refractivity contribution in [2.45, 2.75) is 43.6 Å². The van der Waals surface area contributed by atoms with Crippen molar-refractivity contribution in [1.82, 2.24) is 14.8 Å². The van der Waals surface area contributed by atoms with E-state index in [4.69, 9.17) is 4.42 Å². The highest BCUT2D eigenvalue weighted by Crippen LogP contribution is 2.29. The second-order valence-electron chi connectivity index (χ2n) is 7.26. The van der Waals surface area contributed by atoms with Crippen molar-refractivity contribution in [3.63, 3.8) is 0 Å². The molecule has 1 atom stereocenters. The minimum atomic E-state index is -0.317. The lowest BCUT2D eigenvalue weighted by Crippen LogP contribution is -2.24. The van der Waals surface area contributed by atoms with Crippen molar-refractivity contribution in [2.75, 3.05) is 23.3 Å². The zero-order chi connectivity index (χ0) is 20.2. The van der Waals surface area contributed by atoms with E-state index < -0.39 is 0 Å². The van der Waals surface area contributed by atoms with E-state index in [2.05, 4.69) is 20.4 Å². The van der Waals surface area contributed by atoms with Gasteiger partial charge in [0.15, 0.2) is 5.16 Å². The Kier molecular flexibility index (Phi) is 5.89. The van der Waals surface area contributed by atoms with Crippen LogP contribution in [-0.4, -0.2) is 39.0 Å². The summed E-state index contributed by atoms with van der Waals surface area (Å²) in [6.45, 7) is 6.40. The van der Waals surface area contributed by atoms with Crippen molar-refractivity contribution in [3.8, 4) is 0 Å². The molecule has 8 heteroatoms. The first-order valence-electron chi connectivity index (χ1n) is 9.85. The van der Waals surface area contributed by atoms with Crippen LogP contribution in [0.4, 0.5) is 11.6 Å². The average molecular weight is 412 g/mol. The second kappa shape index (κ2) is 8.73.